The predicted molar refractivity (Wildman–Crippen MR) is 92.6 cm³/mol. The van der Waals surface area contributed by atoms with Crippen molar-refractivity contribution in [3.8, 4) is 11.5 Å². The minimum atomic E-state index is -1.08. The highest BCUT2D eigenvalue weighted by Gasteiger charge is 2.18. The molecule has 0 spiro atoms. The van der Waals surface area contributed by atoms with E-state index in [1.165, 1.54) is 32.1 Å². The fourth-order valence-electron chi connectivity index (χ4n) is 2.30. The zero-order valence-electron chi connectivity index (χ0n) is 14.5. The summed E-state index contributed by atoms with van der Waals surface area (Å²) in [5.41, 5.74) is 0.514. The van der Waals surface area contributed by atoms with Crippen LogP contribution in [0, 0.1) is 11.6 Å². The van der Waals surface area contributed by atoms with Gasteiger partial charge in [-0.25, -0.2) is 8.78 Å². The van der Waals surface area contributed by atoms with Crippen molar-refractivity contribution >= 4 is 23.2 Å². The van der Waals surface area contributed by atoms with Crippen molar-refractivity contribution < 1.29 is 27.8 Å². The van der Waals surface area contributed by atoms with E-state index in [1.807, 2.05) is 0 Å². The Morgan fingerprint density at radius 3 is 2.27 bits per heavy atom. The lowest BCUT2D eigenvalue weighted by Gasteiger charge is -2.22. The van der Waals surface area contributed by atoms with E-state index in [4.69, 9.17) is 9.47 Å². The first-order valence-electron chi connectivity index (χ1n) is 7.60. The van der Waals surface area contributed by atoms with Crippen molar-refractivity contribution in [2.45, 2.75) is 6.92 Å². The van der Waals surface area contributed by atoms with Gasteiger partial charge in [0.05, 0.1) is 14.2 Å². The molecule has 0 saturated carbocycles. The lowest BCUT2D eigenvalue weighted by Crippen LogP contribution is -2.36. The van der Waals surface area contributed by atoms with Gasteiger partial charge in [-0.1, -0.05) is 0 Å². The molecule has 0 atom stereocenters. The average molecular weight is 364 g/mol. The molecule has 0 unspecified atom stereocenters. The number of hydrogen-bond donors (Lipinski definition) is 1. The summed E-state index contributed by atoms with van der Waals surface area (Å²) in [5, 5.41) is 2.42. The number of rotatable bonds is 6. The smallest absolute Gasteiger partial charge is 0.244 e. The summed E-state index contributed by atoms with van der Waals surface area (Å²) >= 11 is 0. The highest BCUT2D eigenvalue weighted by molar-refractivity contribution is 6.01. The predicted octanol–water partition coefficient (Wildman–Crippen LogP) is 2.97. The van der Waals surface area contributed by atoms with Crippen molar-refractivity contribution in [2.75, 3.05) is 31.0 Å². The van der Waals surface area contributed by atoms with E-state index in [0.717, 1.165) is 12.1 Å². The molecule has 0 heterocycles. The second-order valence-corrected chi connectivity index (χ2v) is 5.32. The number of benzene rings is 2. The largest absolute Gasteiger partial charge is 0.493 e. The van der Waals surface area contributed by atoms with Crippen molar-refractivity contribution in [3.63, 3.8) is 0 Å². The molecule has 2 aromatic carbocycles. The number of amides is 2. The second-order valence-electron chi connectivity index (χ2n) is 5.32. The molecule has 138 valence electrons. The van der Waals surface area contributed by atoms with E-state index in [2.05, 4.69) is 5.32 Å². The molecule has 0 aliphatic rings. The van der Waals surface area contributed by atoms with Crippen LogP contribution in [0.1, 0.15) is 6.92 Å². The van der Waals surface area contributed by atoms with E-state index in [9.17, 15) is 18.4 Å². The molecule has 2 rings (SSSR count). The van der Waals surface area contributed by atoms with E-state index >= 15 is 0 Å². The van der Waals surface area contributed by atoms with Gasteiger partial charge in [0.1, 0.15) is 6.54 Å². The summed E-state index contributed by atoms with van der Waals surface area (Å²) < 4.78 is 36.5. The summed E-state index contributed by atoms with van der Waals surface area (Å²) in [6, 6.07) is 7.77. The van der Waals surface area contributed by atoms with Crippen LogP contribution in [0.2, 0.25) is 0 Å². The number of nitrogens with one attached hydrogen (secondary N) is 1. The first-order valence-corrected chi connectivity index (χ1v) is 7.60. The van der Waals surface area contributed by atoms with Crippen molar-refractivity contribution in [3.05, 3.63) is 48.0 Å². The number of halogens is 2. The number of hydrogen-bond acceptors (Lipinski definition) is 4. The third-order valence-electron chi connectivity index (χ3n) is 3.56. The zero-order valence-corrected chi connectivity index (χ0v) is 14.5. The van der Waals surface area contributed by atoms with E-state index in [-0.39, 0.29) is 18.1 Å². The van der Waals surface area contributed by atoms with Crippen molar-refractivity contribution in [2.24, 2.45) is 0 Å². The lowest BCUT2D eigenvalue weighted by atomic mass is 10.2. The minimum absolute atomic E-state index is 0.0877. The molecule has 8 heteroatoms. The van der Waals surface area contributed by atoms with Gasteiger partial charge in [0.25, 0.3) is 0 Å². The Bertz CT molecular complexity index is 827. The Balaban J connectivity index is 2.18. The Morgan fingerprint density at radius 2 is 1.69 bits per heavy atom. The van der Waals surface area contributed by atoms with Crippen molar-refractivity contribution in [1.82, 2.24) is 0 Å². The Hall–Kier alpha value is -3.16. The quantitative estimate of drug-likeness (QED) is 0.856. The van der Waals surface area contributed by atoms with Crippen LogP contribution < -0.4 is 19.7 Å². The first kappa shape index (κ1) is 19.2. The van der Waals surface area contributed by atoms with Crippen LogP contribution in [0.4, 0.5) is 20.2 Å². The van der Waals surface area contributed by atoms with Crippen molar-refractivity contribution in [1.29, 1.82) is 0 Å². The molecule has 0 aliphatic heterocycles. The lowest BCUT2D eigenvalue weighted by molar-refractivity contribution is -0.120. The van der Waals surface area contributed by atoms with Gasteiger partial charge in [-0.15, -0.1) is 0 Å². The van der Waals surface area contributed by atoms with Crippen LogP contribution in [-0.4, -0.2) is 32.6 Å². The van der Waals surface area contributed by atoms with Gasteiger partial charge in [0, 0.05) is 30.4 Å². The maximum absolute atomic E-state index is 13.2. The summed E-state index contributed by atoms with van der Waals surface area (Å²) in [7, 11) is 2.94. The highest BCUT2D eigenvalue weighted by Crippen LogP contribution is 2.31. The summed E-state index contributed by atoms with van der Waals surface area (Å²) in [4.78, 5) is 25.4. The van der Waals surface area contributed by atoms with Gasteiger partial charge < -0.3 is 19.7 Å². The number of ether oxygens (including phenoxy) is 2. The SMILES string of the molecule is COc1ccc(N(CC(=O)Nc2ccc(F)c(F)c2)C(C)=O)cc1OC. The molecule has 1 N–H and O–H groups in total. The normalized spacial score (nSPS) is 10.2. The molecule has 0 aliphatic carbocycles. The number of nitrogens with zero attached hydrogens (tertiary/aromatic N) is 1. The molecule has 0 fully saturated rings. The number of carbonyl (C=O) groups excluding carboxylic acids is 2. The highest BCUT2D eigenvalue weighted by atomic mass is 19.2. The van der Waals surface area contributed by atoms with E-state index in [0.29, 0.717) is 17.2 Å². The zero-order chi connectivity index (χ0) is 19.3. The maximum Gasteiger partial charge on any atom is 0.244 e. The Labute approximate surface area is 149 Å². The van der Waals surface area contributed by atoms with Gasteiger partial charge in [-0.3, -0.25) is 9.59 Å². The summed E-state index contributed by atoms with van der Waals surface area (Å²) in [6.45, 7) is 0.991. The Kier molecular flexibility index (Phi) is 6.11. The van der Waals surface area contributed by atoms with Crippen LogP contribution in [0.3, 0.4) is 0 Å². The molecular weight excluding hydrogens is 346 g/mol. The van der Waals surface area contributed by atoms with E-state index < -0.39 is 17.5 Å². The van der Waals surface area contributed by atoms with Gasteiger partial charge in [-0.05, 0) is 24.3 Å². The number of methoxy groups -OCH3 is 2. The fourth-order valence-corrected chi connectivity index (χ4v) is 2.30. The van der Waals surface area contributed by atoms with Crippen LogP contribution in [0.15, 0.2) is 36.4 Å². The monoisotopic (exact) mass is 364 g/mol. The van der Waals surface area contributed by atoms with Crippen LogP contribution in [0.25, 0.3) is 0 Å². The molecule has 2 aromatic rings. The molecule has 0 aromatic heterocycles. The first-order chi connectivity index (χ1) is 12.3. The molecule has 6 nitrogen and oxygen atoms in total. The van der Waals surface area contributed by atoms with Gasteiger partial charge >= 0.3 is 0 Å². The summed E-state index contributed by atoms with van der Waals surface area (Å²) in [5.74, 6) is -2.16. The topological polar surface area (TPSA) is 67.9 Å². The second kappa shape index (κ2) is 8.28. The minimum Gasteiger partial charge on any atom is -0.493 e. The summed E-state index contributed by atoms with van der Waals surface area (Å²) in [6.07, 6.45) is 0. The van der Waals surface area contributed by atoms with Gasteiger partial charge in [0.15, 0.2) is 23.1 Å². The molecular formula is C18H18F2N2O4. The molecule has 0 saturated heterocycles. The third kappa shape index (κ3) is 4.47. The van der Waals surface area contributed by atoms with E-state index in [1.54, 1.807) is 18.2 Å². The molecule has 26 heavy (non-hydrogen) atoms. The standard InChI is InChI=1S/C18H18F2N2O4/c1-11(23)22(13-5-7-16(25-2)17(9-13)26-3)10-18(24)21-12-4-6-14(19)15(20)8-12/h4-9H,10H2,1-3H3,(H,21,24). The molecule has 0 radical (unpaired) electrons. The van der Waals surface area contributed by atoms with Crippen LogP contribution in [0.5, 0.6) is 11.5 Å². The van der Waals surface area contributed by atoms with Gasteiger partial charge in [0.2, 0.25) is 11.8 Å². The number of anilines is 2. The molecule has 2 amide bonds. The van der Waals surface area contributed by atoms with Crippen LogP contribution in [-0.2, 0) is 9.59 Å². The van der Waals surface area contributed by atoms with Gasteiger partial charge in [-0.2, -0.15) is 0 Å². The fraction of sp³-hybridized carbons (Fsp3) is 0.222. The Morgan fingerprint density at radius 1 is 1.00 bits per heavy atom. The average Bonchev–Trinajstić information content (AvgIpc) is 2.62. The molecule has 0 bridgehead atoms. The third-order valence-corrected chi connectivity index (χ3v) is 3.56. The maximum atomic E-state index is 13.2. The number of carbonyl (C=O) groups is 2. The van der Waals surface area contributed by atoms with Crippen LogP contribution >= 0.6 is 0 Å².